The van der Waals surface area contributed by atoms with Gasteiger partial charge in [-0.05, 0) is 30.2 Å². The second kappa shape index (κ2) is 7.48. The molecule has 7 heteroatoms. The van der Waals surface area contributed by atoms with Gasteiger partial charge in [-0.15, -0.1) is 0 Å². The zero-order chi connectivity index (χ0) is 19.8. The number of aryl methyl sites for hydroxylation is 1. The largest absolute Gasteiger partial charge is 0.335 e. The van der Waals surface area contributed by atoms with Crippen molar-refractivity contribution in [2.24, 2.45) is 0 Å². The van der Waals surface area contributed by atoms with Gasteiger partial charge < -0.3 is 15.5 Å². The Morgan fingerprint density at radius 2 is 1.97 bits per heavy atom. The zero-order valence-electron chi connectivity index (χ0n) is 16.7. The van der Waals surface area contributed by atoms with E-state index in [-0.39, 0.29) is 5.91 Å². The minimum atomic E-state index is 0.0119. The normalized spacial score (nSPS) is 16.9. The van der Waals surface area contributed by atoms with Crippen LogP contribution < -0.4 is 10.6 Å². The van der Waals surface area contributed by atoms with E-state index in [1.165, 1.54) is 18.5 Å². The number of carbonyl (C=O) groups is 1. The van der Waals surface area contributed by atoms with Gasteiger partial charge in [-0.2, -0.15) is 5.10 Å². The maximum atomic E-state index is 13.3. The molecular weight excluding hydrogens is 364 g/mol. The number of hydrogen-bond donors (Lipinski definition) is 3. The SMILES string of the molecule is CCc1c(C(=O)N2CCNCC2)nc(Nc2cc(C3CC3)[nH]n2)c2ccccc12. The molecule has 2 aromatic heterocycles. The molecule has 3 aromatic rings. The van der Waals surface area contributed by atoms with Gasteiger partial charge in [0.15, 0.2) is 5.82 Å². The Bertz CT molecular complexity index is 1050. The molecule has 2 aliphatic rings. The van der Waals surface area contributed by atoms with Crippen molar-refractivity contribution in [2.75, 3.05) is 31.5 Å². The fourth-order valence-corrected chi connectivity index (χ4v) is 4.09. The van der Waals surface area contributed by atoms with E-state index < -0.39 is 0 Å². The third-order valence-electron chi connectivity index (χ3n) is 5.84. The standard InChI is InChI=1S/C22H26N6O/c1-2-15-16-5-3-4-6-17(16)21(24-19-13-18(26-27-19)14-7-8-14)25-20(15)22(29)28-11-9-23-10-12-28/h3-6,13-14,23H,2,7-12H2,1H3,(H2,24,25,26,27). The monoisotopic (exact) mass is 390 g/mol. The number of benzene rings is 1. The molecule has 1 aliphatic heterocycles. The van der Waals surface area contributed by atoms with Crippen LogP contribution in [-0.4, -0.2) is 52.2 Å². The summed E-state index contributed by atoms with van der Waals surface area (Å²) < 4.78 is 0. The molecule has 2 fully saturated rings. The van der Waals surface area contributed by atoms with Gasteiger partial charge in [-0.3, -0.25) is 9.89 Å². The molecule has 0 bridgehead atoms. The van der Waals surface area contributed by atoms with Crippen LogP contribution in [0.5, 0.6) is 0 Å². The molecule has 1 saturated carbocycles. The Labute approximate surface area is 169 Å². The molecule has 1 saturated heterocycles. The number of anilines is 2. The molecule has 7 nitrogen and oxygen atoms in total. The highest BCUT2D eigenvalue weighted by atomic mass is 16.2. The van der Waals surface area contributed by atoms with Gasteiger partial charge in [-0.25, -0.2) is 4.98 Å². The Morgan fingerprint density at radius 3 is 2.69 bits per heavy atom. The summed E-state index contributed by atoms with van der Waals surface area (Å²) in [5, 5.41) is 16.3. The molecule has 5 rings (SSSR count). The zero-order valence-corrected chi connectivity index (χ0v) is 16.7. The number of fused-ring (bicyclic) bond motifs is 1. The molecule has 1 amide bonds. The molecule has 29 heavy (non-hydrogen) atoms. The van der Waals surface area contributed by atoms with Crippen LogP contribution in [0.15, 0.2) is 30.3 Å². The summed E-state index contributed by atoms with van der Waals surface area (Å²) in [6.45, 7) is 5.15. The number of hydrogen-bond acceptors (Lipinski definition) is 5. The fourth-order valence-electron chi connectivity index (χ4n) is 4.09. The van der Waals surface area contributed by atoms with Crippen molar-refractivity contribution in [2.45, 2.75) is 32.1 Å². The Hall–Kier alpha value is -2.93. The first-order chi connectivity index (χ1) is 14.2. The Balaban J connectivity index is 1.57. The van der Waals surface area contributed by atoms with Crippen LogP contribution in [0.4, 0.5) is 11.6 Å². The lowest BCUT2D eigenvalue weighted by atomic mass is 10.0. The van der Waals surface area contributed by atoms with Gasteiger partial charge in [0.1, 0.15) is 11.5 Å². The summed E-state index contributed by atoms with van der Waals surface area (Å²) in [7, 11) is 0. The van der Waals surface area contributed by atoms with E-state index in [9.17, 15) is 4.79 Å². The second-order valence-corrected chi connectivity index (χ2v) is 7.84. The van der Waals surface area contributed by atoms with Gasteiger partial charge in [0.05, 0.1) is 0 Å². The Kier molecular flexibility index (Phi) is 4.67. The number of carbonyl (C=O) groups excluding carboxylic acids is 1. The van der Waals surface area contributed by atoms with E-state index in [4.69, 9.17) is 4.98 Å². The molecule has 3 heterocycles. The van der Waals surface area contributed by atoms with Crippen molar-refractivity contribution < 1.29 is 4.79 Å². The summed E-state index contributed by atoms with van der Waals surface area (Å²) in [5.41, 5.74) is 2.73. The number of nitrogens with zero attached hydrogens (tertiary/aromatic N) is 3. The van der Waals surface area contributed by atoms with E-state index in [0.717, 1.165) is 41.7 Å². The maximum Gasteiger partial charge on any atom is 0.272 e. The second-order valence-electron chi connectivity index (χ2n) is 7.84. The number of piperazine rings is 1. The molecule has 3 N–H and O–H groups in total. The first-order valence-electron chi connectivity index (χ1n) is 10.5. The predicted octanol–water partition coefficient (Wildman–Crippen LogP) is 3.19. The van der Waals surface area contributed by atoms with E-state index in [1.54, 1.807) is 0 Å². The average molecular weight is 390 g/mol. The smallest absolute Gasteiger partial charge is 0.272 e. The van der Waals surface area contributed by atoms with Crippen LogP contribution in [0.1, 0.15) is 47.4 Å². The third-order valence-corrected chi connectivity index (χ3v) is 5.84. The number of rotatable bonds is 5. The number of amides is 1. The third kappa shape index (κ3) is 3.46. The molecule has 1 aromatic carbocycles. The fraction of sp³-hybridized carbons (Fsp3) is 0.409. The lowest BCUT2D eigenvalue weighted by molar-refractivity contribution is 0.0729. The van der Waals surface area contributed by atoms with Crippen LogP contribution in [0, 0.1) is 0 Å². The first-order valence-corrected chi connectivity index (χ1v) is 10.5. The van der Waals surface area contributed by atoms with Crippen LogP contribution >= 0.6 is 0 Å². The van der Waals surface area contributed by atoms with Crippen molar-refractivity contribution in [1.29, 1.82) is 0 Å². The number of H-pyrrole nitrogens is 1. The lowest BCUT2D eigenvalue weighted by Crippen LogP contribution is -2.46. The quantitative estimate of drug-likeness (QED) is 0.623. The summed E-state index contributed by atoms with van der Waals surface area (Å²) in [6, 6.07) is 10.2. The number of aromatic nitrogens is 3. The minimum absolute atomic E-state index is 0.0119. The number of nitrogens with one attached hydrogen (secondary N) is 3. The van der Waals surface area contributed by atoms with Gasteiger partial charge in [0.2, 0.25) is 0 Å². The molecule has 0 atom stereocenters. The molecule has 1 aliphatic carbocycles. The summed E-state index contributed by atoms with van der Waals surface area (Å²) >= 11 is 0. The summed E-state index contributed by atoms with van der Waals surface area (Å²) in [6.07, 6.45) is 3.20. The van der Waals surface area contributed by atoms with Crippen LogP contribution in [0.2, 0.25) is 0 Å². The molecule has 150 valence electrons. The molecule has 0 radical (unpaired) electrons. The highest BCUT2D eigenvalue weighted by Gasteiger charge is 2.27. The number of pyridine rings is 1. The van der Waals surface area contributed by atoms with E-state index in [2.05, 4.69) is 46.0 Å². The highest BCUT2D eigenvalue weighted by Crippen LogP contribution is 2.40. The predicted molar refractivity (Wildman–Crippen MR) is 114 cm³/mol. The molecule has 0 spiro atoms. The lowest BCUT2D eigenvalue weighted by Gasteiger charge is -2.28. The van der Waals surface area contributed by atoms with Crippen LogP contribution in [0.25, 0.3) is 10.8 Å². The Morgan fingerprint density at radius 1 is 1.21 bits per heavy atom. The topological polar surface area (TPSA) is 85.9 Å². The first kappa shape index (κ1) is 18.1. The van der Waals surface area contributed by atoms with Crippen LogP contribution in [-0.2, 0) is 6.42 Å². The van der Waals surface area contributed by atoms with E-state index in [0.29, 0.717) is 30.5 Å². The van der Waals surface area contributed by atoms with Crippen molar-refractivity contribution >= 4 is 28.3 Å². The van der Waals surface area contributed by atoms with Gasteiger partial charge in [0.25, 0.3) is 5.91 Å². The van der Waals surface area contributed by atoms with Crippen molar-refractivity contribution in [3.05, 3.63) is 47.3 Å². The average Bonchev–Trinajstić information content (AvgIpc) is 3.52. The summed E-state index contributed by atoms with van der Waals surface area (Å²) in [4.78, 5) is 20.0. The summed E-state index contributed by atoms with van der Waals surface area (Å²) in [5.74, 6) is 2.05. The maximum absolute atomic E-state index is 13.3. The van der Waals surface area contributed by atoms with Gasteiger partial charge in [-0.1, -0.05) is 31.2 Å². The number of aromatic amines is 1. The van der Waals surface area contributed by atoms with E-state index >= 15 is 0 Å². The van der Waals surface area contributed by atoms with Gasteiger partial charge >= 0.3 is 0 Å². The molecule has 0 unspecified atom stereocenters. The van der Waals surface area contributed by atoms with Crippen molar-refractivity contribution in [3.63, 3.8) is 0 Å². The van der Waals surface area contributed by atoms with Crippen LogP contribution in [0.3, 0.4) is 0 Å². The van der Waals surface area contributed by atoms with Crippen molar-refractivity contribution in [1.82, 2.24) is 25.4 Å². The van der Waals surface area contributed by atoms with Gasteiger partial charge in [0, 0.05) is 49.2 Å². The molecular formula is C22H26N6O. The highest BCUT2D eigenvalue weighted by molar-refractivity contribution is 6.03. The van der Waals surface area contributed by atoms with E-state index in [1.807, 2.05) is 17.0 Å². The van der Waals surface area contributed by atoms with Crippen molar-refractivity contribution in [3.8, 4) is 0 Å². The minimum Gasteiger partial charge on any atom is -0.335 e.